The first-order valence-electron chi connectivity index (χ1n) is 5.06. The van der Waals surface area contributed by atoms with Crippen molar-refractivity contribution >= 4 is 13.8 Å². The molecule has 0 saturated heterocycles. The van der Waals surface area contributed by atoms with Crippen molar-refractivity contribution in [1.29, 1.82) is 0 Å². The lowest BCUT2D eigenvalue weighted by Gasteiger charge is -2.17. The molecule has 0 fully saturated rings. The summed E-state index contributed by atoms with van der Waals surface area (Å²) in [5, 5.41) is 3.42. The quantitative estimate of drug-likeness (QED) is 0.725. The fourth-order valence-electron chi connectivity index (χ4n) is 1.19. The number of benzene rings is 1. The maximum Gasteiger partial charge on any atom is 0.0726 e. The average molecular weight is 205 g/mol. The molecule has 0 amide bonds. The van der Waals surface area contributed by atoms with Gasteiger partial charge in [-0.1, -0.05) is 31.3 Å². The van der Waals surface area contributed by atoms with Crippen molar-refractivity contribution in [3.05, 3.63) is 42.6 Å². The van der Waals surface area contributed by atoms with Crippen molar-refractivity contribution in [2.45, 2.75) is 19.1 Å². The molecule has 1 N–H and O–H groups in total. The van der Waals surface area contributed by atoms with Crippen LogP contribution in [0.3, 0.4) is 0 Å². The molecule has 0 heterocycles. The van der Waals surface area contributed by atoms with Crippen LogP contribution < -0.4 is 5.32 Å². The van der Waals surface area contributed by atoms with Crippen molar-refractivity contribution in [2.24, 2.45) is 0 Å². The summed E-state index contributed by atoms with van der Waals surface area (Å²) in [6.07, 6.45) is 0. The molecule has 0 atom stereocenters. The summed E-state index contributed by atoms with van der Waals surface area (Å²) in [5.74, 6) is 0. The molecule has 2 heteroatoms. The highest BCUT2D eigenvalue weighted by atomic mass is 28.3. The third kappa shape index (κ3) is 3.79. The molecule has 1 rings (SSSR count). The predicted octanol–water partition coefficient (Wildman–Crippen LogP) is 3.53. The third-order valence-corrected chi connectivity index (χ3v) is 5.07. The topological polar surface area (TPSA) is 12.0 Å². The van der Waals surface area contributed by atoms with Gasteiger partial charge in [0.2, 0.25) is 0 Å². The summed E-state index contributed by atoms with van der Waals surface area (Å²) < 4.78 is 0. The molecule has 76 valence electrons. The second-order valence-corrected chi connectivity index (χ2v) is 9.12. The average Bonchev–Trinajstić information content (AvgIpc) is 2.19. The number of nitrogens with one attached hydrogen (secondary N) is 1. The van der Waals surface area contributed by atoms with Gasteiger partial charge in [0.1, 0.15) is 0 Å². The van der Waals surface area contributed by atoms with Crippen LogP contribution in [0.1, 0.15) is 0 Å². The van der Waals surface area contributed by atoms with Crippen LogP contribution in [0.4, 0.5) is 5.69 Å². The Labute approximate surface area is 87.9 Å². The lowest BCUT2D eigenvalue weighted by atomic mass is 10.3. The van der Waals surface area contributed by atoms with E-state index in [1.807, 2.05) is 6.07 Å². The zero-order valence-corrected chi connectivity index (χ0v) is 10.1. The normalized spacial score (nSPS) is 11.0. The smallest absolute Gasteiger partial charge is 0.0726 e. The molecule has 0 spiro atoms. The Balaban J connectivity index is 2.32. The molecular weight excluding hydrogens is 186 g/mol. The second kappa shape index (κ2) is 5.01. The van der Waals surface area contributed by atoms with Gasteiger partial charge in [0.25, 0.3) is 0 Å². The zero-order valence-electron chi connectivity index (χ0n) is 9.09. The van der Waals surface area contributed by atoms with E-state index in [-0.39, 0.29) is 0 Å². The van der Waals surface area contributed by atoms with Crippen LogP contribution in [0.5, 0.6) is 0 Å². The molecule has 0 aliphatic rings. The lowest BCUT2D eigenvalue weighted by Crippen LogP contribution is -2.25. The largest absolute Gasteiger partial charge is 0.385 e. The standard InChI is InChI=1S/C12H19NSi/c1-4-14(2,3)11-10-13-12-8-6-5-7-9-12/h4-9,13H,1,10-11H2,2-3H3. The van der Waals surface area contributed by atoms with Gasteiger partial charge in [0.05, 0.1) is 8.07 Å². The first-order valence-corrected chi connectivity index (χ1v) is 8.35. The second-order valence-electron chi connectivity index (χ2n) is 4.24. The Morgan fingerprint density at radius 3 is 2.50 bits per heavy atom. The van der Waals surface area contributed by atoms with Crippen molar-refractivity contribution < 1.29 is 0 Å². The van der Waals surface area contributed by atoms with Crippen molar-refractivity contribution in [3.8, 4) is 0 Å². The van der Waals surface area contributed by atoms with Crippen LogP contribution in [0, 0.1) is 0 Å². The van der Waals surface area contributed by atoms with E-state index >= 15 is 0 Å². The molecule has 1 aromatic carbocycles. The van der Waals surface area contributed by atoms with Gasteiger partial charge in [0, 0.05) is 12.2 Å². The van der Waals surface area contributed by atoms with E-state index in [2.05, 4.69) is 55.0 Å². The fourth-order valence-corrected chi connectivity index (χ4v) is 2.16. The first-order chi connectivity index (χ1) is 6.64. The van der Waals surface area contributed by atoms with E-state index in [0.29, 0.717) is 0 Å². The van der Waals surface area contributed by atoms with E-state index in [0.717, 1.165) is 6.54 Å². The summed E-state index contributed by atoms with van der Waals surface area (Å²) >= 11 is 0. The van der Waals surface area contributed by atoms with Gasteiger partial charge in [-0.15, -0.1) is 12.3 Å². The highest BCUT2D eigenvalue weighted by Gasteiger charge is 2.14. The monoisotopic (exact) mass is 205 g/mol. The summed E-state index contributed by atoms with van der Waals surface area (Å²) in [6.45, 7) is 9.62. The van der Waals surface area contributed by atoms with Gasteiger partial charge >= 0.3 is 0 Å². The molecule has 0 aliphatic carbocycles. The highest BCUT2D eigenvalue weighted by molar-refractivity contribution is 6.82. The van der Waals surface area contributed by atoms with Gasteiger partial charge < -0.3 is 5.32 Å². The SMILES string of the molecule is C=C[Si](C)(C)CCNc1ccccc1. The molecule has 0 aliphatic heterocycles. The van der Waals surface area contributed by atoms with Crippen LogP contribution in [0.15, 0.2) is 42.6 Å². The highest BCUT2D eigenvalue weighted by Crippen LogP contribution is 2.11. The summed E-state index contributed by atoms with van der Waals surface area (Å²) in [4.78, 5) is 0. The van der Waals surface area contributed by atoms with E-state index in [1.54, 1.807) is 0 Å². The molecule has 0 unspecified atom stereocenters. The molecule has 0 bridgehead atoms. The van der Waals surface area contributed by atoms with Crippen LogP contribution in [-0.4, -0.2) is 14.6 Å². The summed E-state index contributed by atoms with van der Waals surface area (Å²) in [7, 11) is -1.13. The van der Waals surface area contributed by atoms with Crippen LogP contribution in [0.25, 0.3) is 0 Å². The minimum absolute atomic E-state index is 1.05. The molecule has 0 saturated carbocycles. The Kier molecular flexibility index (Phi) is 3.95. The van der Waals surface area contributed by atoms with E-state index < -0.39 is 8.07 Å². The zero-order chi connectivity index (χ0) is 10.4. The number of anilines is 1. The number of para-hydroxylation sites is 1. The molecule has 0 radical (unpaired) electrons. The number of rotatable bonds is 5. The van der Waals surface area contributed by atoms with Crippen molar-refractivity contribution in [2.75, 3.05) is 11.9 Å². The fraction of sp³-hybridized carbons (Fsp3) is 0.333. The van der Waals surface area contributed by atoms with E-state index in [9.17, 15) is 0 Å². The molecule has 14 heavy (non-hydrogen) atoms. The Bertz CT molecular complexity index is 280. The Morgan fingerprint density at radius 1 is 1.29 bits per heavy atom. The van der Waals surface area contributed by atoms with Crippen molar-refractivity contribution in [1.82, 2.24) is 0 Å². The number of hydrogen-bond acceptors (Lipinski definition) is 1. The van der Waals surface area contributed by atoms with Gasteiger partial charge in [0.15, 0.2) is 0 Å². The molecule has 1 nitrogen and oxygen atoms in total. The van der Waals surface area contributed by atoms with Gasteiger partial charge in [-0.2, -0.15) is 0 Å². The lowest BCUT2D eigenvalue weighted by molar-refractivity contribution is 1.17. The molecular formula is C12H19NSi. The summed E-state index contributed by atoms with van der Waals surface area (Å²) in [6, 6.07) is 11.6. The van der Waals surface area contributed by atoms with E-state index in [1.165, 1.54) is 11.7 Å². The number of hydrogen-bond donors (Lipinski definition) is 1. The minimum atomic E-state index is -1.13. The van der Waals surface area contributed by atoms with Gasteiger partial charge in [-0.25, -0.2) is 0 Å². The molecule has 1 aromatic rings. The van der Waals surface area contributed by atoms with Gasteiger partial charge in [-0.05, 0) is 18.2 Å². The Morgan fingerprint density at radius 2 is 1.93 bits per heavy atom. The van der Waals surface area contributed by atoms with Crippen LogP contribution >= 0.6 is 0 Å². The maximum atomic E-state index is 3.89. The first kappa shape index (κ1) is 11.1. The van der Waals surface area contributed by atoms with Gasteiger partial charge in [-0.3, -0.25) is 0 Å². The molecule has 0 aromatic heterocycles. The van der Waals surface area contributed by atoms with Crippen LogP contribution in [-0.2, 0) is 0 Å². The van der Waals surface area contributed by atoms with E-state index in [4.69, 9.17) is 0 Å². The Hall–Kier alpha value is -1.02. The summed E-state index contributed by atoms with van der Waals surface area (Å²) in [5.41, 5.74) is 3.36. The maximum absolute atomic E-state index is 3.89. The van der Waals surface area contributed by atoms with Crippen LogP contribution in [0.2, 0.25) is 19.1 Å². The van der Waals surface area contributed by atoms with Crippen molar-refractivity contribution in [3.63, 3.8) is 0 Å². The third-order valence-electron chi connectivity index (χ3n) is 2.42. The minimum Gasteiger partial charge on any atom is -0.385 e. The predicted molar refractivity (Wildman–Crippen MR) is 67.4 cm³/mol.